The molecule has 5 nitrogen and oxygen atoms in total. The van der Waals surface area contributed by atoms with Gasteiger partial charge in [-0.3, -0.25) is 5.84 Å². The van der Waals surface area contributed by atoms with E-state index in [9.17, 15) is 21.6 Å². The van der Waals surface area contributed by atoms with Crippen molar-refractivity contribution in [2.45, 2.75) is 6.18 Å². The molecular formula is C2H6F3N3O2S. The van der Waals surface area contributed by atoms with E-state index >= 15 is 0 Å². The average Bonchev–Trinajstić information content (AvgIpc) is 1.83. The lowest BCUT2D eigenvalue weighted by atomic mass is 10.7. The highest BCUT2D eigenvalue weighted by molar-refractivity contribution is 7.87. The highest BCUT2D eigenvalue weighted by Gasteiger charge is 2.28. The first kappa shape index (κ1) is 10.6. The zero-order valence-corrected chi connectivity index (χ0v) is 5.96. The van der Waals surface area contributed by atoms with E-state index in [2.05, 4.69) is 5.84 Å². The molecule has 0 saturated carbocycles. The second-order valence-corrected chi connectivity index (χ2v) is 3.09. The molecule has 9 heteroatoms. The van der Waals surface area contributed by atoms with Gasteiger partial charge in [-0.25, -0.2) is 0 Å². The van der Waals surface area contributed by atoms with Crippen molar-refractivity contribution in [2.75, 3.05) is 6.54 Å². The Balaban J connectivity index is 3.91. The lowest BCUT2D eigenvalue weighted by molar-refractivity contribution is -0.121. The third-order valence-electron chi connectivity index (χ3n) is 0.618. The molecule has 0 radical (unpaired) electrons. The van der Waals surface area contributed by atoms with Gasteiger partial charge in [0.25, 0.3) is 10.2 Å². The number of halogens is 3. The maximum Gasteiger partial charge on any atom is 0.402 e. The lowest BCUT2D eigenvalue weighted by Gasteiger charge is -2.06. The van der Waals surface area contributed by atoms with Crippen LogP contribution in [0.3, 0.4) is 0 Å². The van der Waals surface area contributed by atoms with Crippen LogP contribution in [0.2, 0.25) is 0 Å². The fourth-order valence-electron chi connectivity index (χ4n) is 0.219. The normalized spacial score (nSPS) is 13.5. The number of hydrogen-bond acceptors (Lipinski definition) is 3. The Bertz CT molecular complexity index is 209. The smallest absolute Gasteiger partial charge is 0.257 e. The van der Waals surface area contributed by atoms with Crippen LogP contribution in [-0.4, -0.2) is 21.1 Å². The SMILES string of the molecule is NNS(=O)(=O)NCC(F)(F)F. The first-order chi connectivity index (χ1) is 4.77. The summed E-state index contributed by atoms with van der Waals surface area (Å²) in [7, 11) is -4.19. The molecule has 0 aliphatic heterocycles. The minimum Gasteiger partial charge on any atom is -0.257 e. The van der Waals surface area contributed by atoms with Gasteiger partial charge < -0.3 is 0 Å². The van der Waals surface area contributed by atoms with Gasteiger partial charge in [-0.1, -0.05) is 0 Å². The summed E-state index contributed by atoms with van der Waals surface area (Å²) in [5.41, 5.74) is 0. The van der Waals surface area contributed by atoms with E-state index in [-0.39, 0.29) is 0 Å². The van der Waals surface area contributed by atoms with E-state index in [0.29, 0.717) is 0 Å². The molecule has 4 N–H and O–H groups in total. The Hall–Kier alpha value is -0.380. The van der Waals surface area contributed by atoms with Gasteiger partial charge in [0.2, 0.25) is 0 Å². The summed E-state index contributed by atoms with van der Waals surface area (Å²) in [4.78, 5) is 1.18. The largest absolute Gasteiger partial charge is 0.402 e. The van der Waals surface area contributed by atoms with Crippen LogP contribution in [-0.2, 0) is 10.2 Å². The molecule has 0 fully saturated rings. The topological polar surface area (TPSA) is 84.2 Å². The summed E-state index contributed by atoms with van der Waals surface area (Å²) in [6, 6.07) is 0. The van der Waals surface area contributed by atoms with Crippen molar-refractivity contribution in [3.05, 3.63) is 0 Å². The van der Waals surface area contributed by atoms with E-state index < -0.39 is 22.9 Å². The van der Waals surface area contributed by atoms with E-state index in [4.69, 9.17) is 0 Å². The zero-order valence-electron chi connectivity index (χ0n) is 5.14. The average molecular weight is 193 g/mol. The standard InChI is InChI=1S/C2H6F3N3O2S/c3-2(4,5)1-7-11(9,10)8-6/h7-8H,1,6H2. The van der Waals surface area contributed by atoms with Crippen molar-refractivity contribution in [1.82, 2.24) is 9.55 Å². The third-order valence-corrected chi connectivity index (χ3v) is 1.45. The van der Waals surface area contributed by atoms with Gasteiger partial charge in [0.15, 0.2) is 0 Å². The van der Waals surface area contributed by atoms with Crippen LogP contribution in [0.25, 0.3) is 0 Å². The maximum atomic E-state index is 11.3. The van der Waals surface area contributed by atoms with E-state index in [1.54, 1.807) is 0 Å². The second kappa shape index (κ2) is 3.34. The number of nitrogens with two attached hydrogens (primary N) is 1. The molecule has 68 valence electrons. The molecule has 0 rings (SSSR count). The molecule has 0 heterocycles. The first-order valence-corrected chi connectivity index (χ1v) is 3.79. The molecule has 0 aliphatic carbocycles. The van der Waals surface area contributed by atoms with Crippen molar-refractivity contribution < 1.29 is 21.6 Å². The number of nitrogens with one attached hydrogen (secondary N) is 2. The Morgan fingerprint density at radius 3 is 2.09 bits per heavy atom. The van der Waals surface area contributed by atoms with Crippen LogP contribution in [0.15, 0.2) is 0 Å². The summed E-state index contributed by atoms with van der Waals surface area (Å²) in [5.74, 6) is 4.37. The lowest BCUT2D eigenvalue weighted by Crippen LogP contribution is -2.44. The predicted molar refractivity (Wildman–Crippen MR) is 30.3 cm³/mol. The Labute approximate surface area is 60.9 Å². The summed E-state index contributed by atoms with van der Waals surface area (Å²) in [6.45, 7) is -1.64. The van der Waals surface area contributed by atoms with E-state index in [1.807, 2.05) is 0 Å². The molecule has 0 aliphatic rings. The van der Waals surface area contributed by atoms with Crippen molar-refractivity contribution in [1.29, 1.82) is 0 Å². The van der Waals surface area contributed by atoms with Crippen molar-refractivity contribution in [2.24, 2.45) is 5.84 Å². The quantitative estimate of drug-likeness (QED) is 0.390. The highest BCUT2D eigenvalue weighted by atomic mass is 32.2. The van der Waals surface area contributed by atoms with Gasteiger partial charge in [-0.2, -0.15) is 26.3 Å². The van der Waals surface area contributed by atoms with Crippen molar-refractivity contribution >= 4 is 10.2 Å². The molecule has 0 atom stereocenters. The monoisotopic (exact) mass is 193 g/mol. The van der Waals surface area contributed by atoms with Crippen molar-refractivity contribution in [3.8, 4) is 0 Å². The van der Waals surface area contributed by atoms with Crippen molar-refractivity contribution in [3.63, 3.8) is 0 Å². The molecule has 0 unspecified atom stereocenters. The van der Waals surface area contributed by atoms with Gasteiger partial charge in [-0.15, -0.1) is 4.83 Å². The van der Waals surface area contributed by atoms with Gasteiger partial charge >= 0.3 is 6.18 Å². The van der Waals surface area contributed by atoms with Gasteiger partial charge in [0.1, 0.15) is 6.54 Å². The van der Waals surface area contributed by atoms with E-state index in [1.165, 1.54) is 4.83 Å². The molecule has 0 spiro atoms. The summed E-state index contributed by atoms with van der Waals surface area (Å²) >= 11 is 0. The van der Waals surface area contributed by atoms with Crippen LogP contribution < -0.4 is 15.4 Å². The molecule has 0 aromatic carbocycles. The Morgan fingerprint density at radius 2 is 1.82 bits per heavy atom. The van der Waals surface area contributed by atoms with Crippen LogP contribution in [0.1, 0.15) is 0 Å². The number of hydrazine groups is 1. The fraction of sp³-hybridized carbons (Fsp3) is 1.00. The summed E-state index contributed by atoms with van der Waals surface area (Å²) < 4.78 is 55.5. The minimum atomic E-state index is -4.58. The Kier molecular flexibility index (Phi) is 3.23. The van der Waals surface area contributed by atoms with Crippen LogP contribution >= 0.6 is 0 Å². The Morgan fingerprint density at radius 1 is 1.36 bits per heavy atom. The number of alkyl halides is 3. The zero-order chi connectivity index (χ0) is 9.12. The highest BCUT2D eigenvalue weighted by Crippen LogP contribution is 2.12. The third kappa shape index (κ3) is 6.04. The summed E-state index contributed by atoms with van der Waals surface area (Å²) in [5, 5.41) is 0. The van der Waals surface area contributed by atoms with Gasteiger partial charge in [-0.05, 0) is 0 Å². The number of rotatable bonds is 3. The maximum absolute atomic E-state index is 11.3. The molecule has 11 heavy (non-hydrogen) atoms. The van der Waals surface area contributed by atoms with Gasteiger partial charge in [0.05, 0.1) is 0 Å². The summed E-state index contributed by atoms with van der Waals surface area (Å²) in [6.07, 6.45) is -4.58. The van der Waals surface area contributed by atoms with E-state index in [0.717, 1.165) is 4.72 Å². The second-order valence-electron chi connectivity index (χ2n) is 1.56. The number of hydrogen-bond donors (Lipinski definition) is 3. The molecule has 0 aromatic rings. The van der Waals surface area contributed by atoms with Crippen LogP contribution in [0, 0.1) is 0 Å². The molecule has 0 amide bonds. The fourth-order valence-corrected chi connectivity index (χ4v) is 0.656. The van der Waals surface area contributed by atoms with Crippen LogP contribution in [0.4, 0.5) is 13.2 Å². The minimum absolute atomic E-state index is 1.16. The first-order valence-electron chi connectivity index (χ1n) is 2.30. The predicted octanol–water partition coefficient (Wildman–Crippen LogP) is -1.15. The molecule has 0 aromatic heterocycles. The molecule has 0 bridgehead atoms. The van der Waals surface area contributed by atoms with Gasteiger partial charge in [0, 0.05) is 0 Å². The molecule has 0 saturated heterocycles. The van der Waals surface area contributed by atoms with Crippen LogP contribution in [0.5, 0.6) is 0 Å². The molecular weight excluding hydrogens is 187 g/mol.